The Morgan fingerprint density at radius 2 is 2.25 bits per heavy atom. The average molecular weight is 342 g/mol. The molecule has 1 heterocycles. The first-order chi connectivity index (χ1) is 11.6. The fourth-order valence-electron chi connectivity index (χ4n) is 2.45. The summed E-state index contributed by atoms with van der Waals surface area (Å²) in [5, 5.41) is 20.1. The van der Waals surface area contributed by atoms with Crippen LogP contribution >= 0.6 is 12.2 Å². The standard InChI is InChI=1S/C17H22N6S/c1-4-16-20-21-17(24)23(16)19-12-14-7-8-15(11-13(14)3)22(5-2)10-6-9-18/h7-8,11-12H,4-6,10H2,1-3H3,(H,21,24)/b19-12-. The van der Waals surface area contributed by atoms with Crippen molar-refractivity contribution in [3.05, 3.63) is 39.9 Å². The molecule has 1 N–H and O–H groups in total. The number of H-pyrrole nitrogens is 1. The molecular weight excluding hydrogens is 320 g/mol. The molecule has 24 heavy (non-hydrogen) atoms. The largest absolute Gasteiger partial charge is 0.371 e. The van der Waals surface area contributed by atoms with Crippen LogP contribution in [0.4, 0.5) is 5.69 Å². The van der Waals surface area contributed by atoms with Gasteiger partial charge in [0.2, 0.25) is 4.77 Å². The molecule has 0 fully saturated rings. The lowest BCUT2D eigenvalue weighted by Crippen LogP contribution is -2.23. The minimum atomic E-state index is 0.492. The minimum absolute atomic E-state index is 0.492. The Bertz CT molecular complexity index is 811. The van der Waals surface area contributed by atoms with Crippen LogP contribution in [0.5, 0.6) is 0 Å². The van der Waals surface area contributed by atoms with Gasteiger partial charge in [0.15, 0.2) is 5.82 Å². The number of hydrogen-bond donors (Lipinski definition) is 1. The van der Waals surface area contributed by atoms with Crippen LogP contribution in [-0.2, 0) is 6.42 Å². The molecule has 0 spiro atoms. The summed E-state index contributed by atoms with van der Waals surface area (Å²) in [5.74, 6) is 0.805. The van der Waals surface area contributed by atoms with Crippen molar-refractivity contribution in [2.24, 2.45) is 5.10 Å². The van der Waals surface area contributed by atoms with Crippen molar-refractivity contribution in [1.29, 1.82) is 5.26 Å². The number of aryl methyl sites for hydroxylation is 2. The fourth-order valence-corrected chi connectivity index (χ4v) is 2.65. The molecule has 2 rings (SSSR count). The molecular formula is C17H22N6S. The molecule has 7 heteroatoms. The molecule has 6 nitrogen and oxygen atoms in total. The molecule has 126 valence electrons. The van der Waals surface area contributed by atoms with Gasteiger partial charge in [0.05, 0.1) is 18.7 Å². The lowest BCUT2D eigenvalue weighted by molar-refractivity contribution is 0.780. The Balaban J connectivity index is 2.24. The second-order valence-electron chi connectivity index (χ2n) is 5.38. The Morgan fingerprint density at radius 1 is 1.46 bits per heavy atom. The third-order valence-corrected chi connectivity index (χ3v) is 4.10. The van der Waals surface area contributed by atoms with Gasteiger partial charge >= 0.3 is 0 Å². The Morgan fingerprint density at radius 3 is 2.88 bits per heavy atom. The lowest BCUT2D eigenvalue weighted by atomic mass is 10.1. The molecule has 0 amide bonds. The zero-order valence-corrected chi connectivity index (χ0v) is 15.1. The van der Waals surface area contributed by atoms with Gasteiger partial charge in [0.1, 0.15) is 0 Å². The summed E-state index contributed by atoms with van der Waals surface area (Å²) in [6.07, 6.45) is 3.08. The van der Waals surface area contributed by atoms with Crippen molar-refractivity contribution in [2.75, 3.05) is 18.0 Å². The van der Waals surface area contributed by atoms with Gasteiger partial charge in [-0.1, -0.05) is 13.0 Å². The van der Waals surface area contributed by atoms with Crippen molar-refractivity contribution in [1.82, 2.24) is 14.9 Å². The second kappa shape index (κ2) is 8.41. The summed E-state index contributed by atoms with van der Waals surface area (Å²) in [6.45, 7) is 7.77. The fraction of sp³-hybridized carbons (Fsp3) is 0.412. The maximum absolute atomic E-state index is 8.77. The number of benzene rings is 1. The van der Waals surface area contributed by atoms with E-state index >= 15 is 0 Å². The molecule has 1 aromatic heterocycles. The molecule has 0 bridgehead atoms. The van der Waals surface area contributed by atoms with Crippen LogP contribution < -0.4 is 4.90 Å². The van der Waals surface area contributed by atoms with Gasteiger partial charge in [-0.25, -0.2) is 0 Å². The highest BCUT2D eigenvalue weighted by molar-refractivity contribution is 7.71. The summed E-state index contributed by atoms with van der Waals surface area (Å²) < 4.78 is 2.14. The number of hydrogen-bond acceptors (Lipinski definition) is 5. The predicted molar refractivity (Wildman–Crippen MR) is 99.1 cm³/mol. The highest BCUT2D eigenvalue weighted by atomic mass is 32.1. The van der Waals surface area contributed by atoms with Crippen molar-refractivity contribution in [3.8, 4) is 6.07 Å². The van der Waals surface area contributed by atoms with Crippen molar-refractivity contribution in [2.45, 2.75) is 33.6 Å². The van der Waals surface area contributed by atoms with Gasteiger partial charge in [0, 0.05) is 25.2 Å². The van der Waals surface area contributed by atoms with Gasteiger partial charge in [-0.15, -0.1) is 0 Å². The van der Waals surface area contributed by atoms with Gasteiger partial charge < -0.3 is 4.90 Å². The summed E-state index contributed by atoms with van der Waals surface area (Å²) in [4.78, 5) is 2.19. The van der Waals surface area contributed by atoms with E-state index in [1.54, 1.807) is 10.9 Å². The summed E-state index contributed by atoms with van der Waals surface area (Å²) >= 11 is 5.20. The van der Waals surface area contributed by atoms with Crippen LogP contribution in [0.1, 0.15) is 37.2 Å². The van der Waals surface area contributed by atoms with Crippen molar-refractivity contribution in [3.63, 3.8) is 0 Å². The van der Waals surface area contributed by atoms with E-state index in [2.05, 4.69) is 52.2 Å². The van der Waals surface area contributed by atoms with E-state index in [9.17, 15) is 0 Å². The number of nitriles is 1. The molecule has 0 atom stereocenters. The Hall–Kier alpha value is -2.46. The van der Waals surface area contributed by atoms with E-state index in [4.69, 9.17) is 17.5 Å². The summed E-state index contributed by atoms with van der Waals surface area (Å²) in [7, 11) is 0. The zero-order valence-electron chi connectivity index (χ0n) is 14.3. The van der Waals surface area contributed by atoms with E-state index in [1.807, 2.05) is 13.0 Å². The van der Waals surface area contributed by atoms with Gasteiger partial charge in [0.25, 0.3) is 0 Å². The molecule has 1 aromatic carbocycles. The first-order valence-electron chi connectivity index (χ1n) is 8.03. The number of nitrogens with one attached hydrogen (secondary N) is 1. The first-order valence-corrected chi connectivity index (χ1v) is 8.44. The SMILES string of the molecule is CCc1n[nH]c(=S)n1/N=C\c1ccc(N(CC)CCC#N)cc1C. The molecule has 0 saturated carbocycles. The van der Waals surface area contributed by atoms with Crippen LogP contribution in [0.15, 0.2) is 23.3 Å². The number of anilines is 1. The Kier molecular flexibility index (Phi) is 6.27. The summed E-state index contributed by atoms with van der Waals surface area (Å²) in [5.41, 5.74) is 3.27. The van der Waals surface area contributed by atoms with E-state index in [1.165, 1.54) is 0 Å². The number of aromatic amines is 1. The van der Waals surface area contributed by atoms with Gasteiger partial charge in [-0.05, 0) is 49.3 Å². The molecule has 0 aliphatic heterocycles. The van der Waals surface area contributed by atoms with Crippen LogP contribution in [-0.4, -0.2) is 34.2 Å². The van der Waals surface area contributed by atoms with Gasteiger partial charge in [-0.2, -0.15) is 20.1 Å². The maximum Gasteiger partial charge on any atom is 0.216 e. The Labute approximate surface area is 147 Å². The van der Waals surface area contributed by atoms with Crippen LogP contribution in [0.2, 0.25) is 0 Å². The predicted octanol–water partition coefficient (Wildman–Crippen LogP) is 3.43. The number of rotatable bonds is 7. The first kappa shape index (κ1) is 17.9. The third kappa shape index (κ3) is 4.09. The van der Waals surface area contributed by atoms with Crippen LogP contribution in [0.3, 0.4) is 0 Å². The van der Waals surface area contributed by atoms with E-state index < -0.39 is 0 Å². The van der Waals surface area contributed by atoms with E-state index in [0.29, 0.717) is 11.2 Å². The van der Waals surface area contributed by atoms with Gasteiger partial charge in [-0.3, -0.25) is 5.10 Å². The number of nitrogens with zero attached hydrogens (tertiary/aromatic N) is 5. The molecule has 0 unspecified atom stereocenters. The average Bonchev–Trinajstić information content (AvgIpc) is 2.94. The van der Waals surface area contributed by atoms with E-state index in [-0.39, 0.29) is 0 Å². The monoisotopic (exact) mass is 342 g/mol. The third-order valence-electron chi connectivity index (χ3n) is 3.84. The van der Waals surface area contributed by atoms with E-state index in [0.717, 1.165) is 42.1 Å². The number of aromatic nitrogens is 3. The molecule has 0 radical (unpaired) electrons. The van der Waals surface area contributed by atoms with Crippen molar-refractivity contribution >= 4 is 24.1 Å². The molecule has 2 aromatic rings. The second-order valence-corrected chi connectivity index (χ2v) is 5.77. The quantitative estimate of drug-likeness (QED) is 0.618. The molecule has 0 aliphatic carbocycles. The molecule has 0 aliphatic rings. The van der Waals surface area contributed by atoms with Crippen LogP contribution in [0.25, 0.3) is 0 Å². The zero-order chi connectivity index (χ0) is 17.5. The van der Waals surface area contributed by atoms with Crippen LogP contribution in [0, 0.1) is 23.0 Å². The normalized spacial score (nSPS) is 10.9. The smallest absolute Gasteiger partial charge is 0.216 e. The minimum Gasteiger partial charge on any atom is -0.371 e. The maximum atomic E-state index is 8.77. The lowest BCUT2D eigenvalue weighted by Gasteiger charge is -2.22. The highest BCUT2D eigenvalue weighted by Crippen LogP contribution is 2.18. The molecule has 0 saturated heterocycles. The summed E-state index contributed by atoms with van der Waals surface area (Å²) in [6, 6.07) is 8.42. The topological polar surface area (TPSA) is 73.0 Å². The highest BCUT2D eigenvalue weighted by Gasteiger charge is 2.06. The van der Waals surface area contributed by atoms with Crippen molar-refractivity contribution < 1.29 is 0 Å².